The first kappa shape index (κ1) is 38.7. The molecule has 0 heterocycles. The standard InChI is InChI=1S/C40H61NO7Si2/c1-24(2)49(25(3)4)46-23-36(48-50(44,26(5)6)27(7)8)28(9)37(39(42)47-38(29-18-19-29)30-20-21-30)41-40(43)45-22-35-33-16-12-10-14-31(33)32-15-11-13-17-34(32)35/h10-17,24-30,35-38,44,49H,18-23H2,1-9H3,(H,41,43)/t28-,36-,37-/m0/s1. The molecule has 5 rings (SSSR count). The minimum Gasteiger partial charge on any atom is -0.460 e. The van der Waals surface area contributed by atoms with E-state index in [4.69, 9.17) is 18.3 Å². The molecule has 0 radical (unpaired) electrons. The Kier molecular flexibility index (Phi) is 12.7. The van der Waals surface area contributed by atoms with Crippen LogP contribution in [0, 0.1) is 17.8 Å². The topological polar surface area (TPSA) is 103 Å². The summed E-state index contributed by atoms with van der Waals surface area (Å²) in [6.07, 6.45) is 2.80. The Balaban J connectivity index is 1.39. The lowest BCUT2D eigenvalue weighted by molar-refractivity contribution is -0.156. The van der Waals surface area contributed by atoms with E-state index in [0.717, 1.165) is 47.9 Å². The fourth-order valence-electron chi connectivity index (χ4n) is 7.86. The summed E-state index contributed by atoms with van der Waals surface area (Å²) in [5.41, 5.74) is 5.15. The summed E-state index contributed by atoms with van der Waals surface area (Å²) in [5, 5.41) is 2.94. The maximum absolute atomic E-state index is 14.2. The van der Waals surface area contributed by atoms with E-state index in [0.29, 0.717) is 22.9 Å². The van der Waals surface area contributed by atoms with Crippen LogP contribution in [-0.2, 0) is 23.1 Å². The molecule has 0 saturated heterocycles. The molecule has 0 bridgehead atoms. The van der Waals surface area contributed by atoms with Gasteiger partial charge in [0.05, 0.1) is 12.7 Å². The van der Waals surface area contributed by atoms with E-state index in [1.807, 2.05) is 58.9 Å². The smallest absolute Gasteiger partial charge is 0.407 e. The lowest BCUT2D eigenvalue weighted by Crippen LogP contribution is -2.56. The molecule has 2 N–H and O–H groups in total. The van der Waals surface area contributed by atoms with Crippen molar-refractivity contribution in [3.63, 3.8) is 0 Å². The van der Waals surface area contributed by atoms with Crippen LogP contribution in [0.3, 0.4) is 0 Å². The number of benzene rings is 2. The van der Waals surface area contributed by atoms with E-state index in [2.05, 4.69) is 57.3 Å². The van der Waals surface area contributed by atoms with E-state index in [1.54, 1.807) is 0 Å². The number of esters is 1. The molecule has 2 aromatic carbocycles. The highest BCUT2D eigenvalue weighted by atomic mass is 28.4. The Labute approximate surface area is 303 Å². The monoisotopic (exact) mass is 723 g/mol. The quantitative estimate of drug-likeness (QED) is 0.118. The van der Waals surface area contributed by atoms with Crippen molar-refractivity contribution in [2.75, 3.05) is 13.2 Å². The molecule has 1 amide bonds. The second-order valence-electron chi connectivity index (χ2n) is 16.4. The number of rotatable bonds is 18. The van der Waals surface area contributed by atoms with Gasteiger partial charge in [-0.3, -0.25) is 0 Å². The van der Waals surface area contributed by atoms with Gasteiger partial charge >= 0.3 is 20.6 Å². The zero-order valence-electron chi connectivity index (χ0n) is 31.7. The van der Waals surface area contributed by atoms with Crippen molar-refractivity contribution in [1.29, 1.82) is 0 Å². The van der Waals surface area contributed by atoms with Gasteiger partial charge in [0.25, 0.3) is 0 Å². The van der Waals surface area contributed by atoms with E-state index in [1.165, 1.54) is 0 Å². The van der Waals surface area contributed by atoms with Crippen molar-refractivity contribution in [3.8, 4) is 11.1 Å². The normalized spacial score (nSPS) is 18.2. The Morgan fingerprint density at radius 3 is 1.78 bits per heavy atom. The summed E-state index contributed by atoms with van der Waals surface area (Å²) in [5.74, 6) is -0.371. The Bertz CT molecular complexity index is 1380. The summed E-state index contributed by atoms with van der Waals surface area (Å²) in [4.78, 5) is 40.0. The van der Waals surface area contributed by atoms with Gasteiger partial charge in [-0.25, -0.2) is 9.59 Å². The molecule has 3 aliphatic rings. The number of alkyl carbamates (subject to hydrolysis) is 1. The third-order valence-electron chi connectivity index (χ3n) is 11.2. The highest BCUT2D eigenvalue weighted by Crippen LogP contribution is 2.47. The molecular formula is C40H61NO7Si2. The third kappa shape index (κ3) is 8.92. The third-order valence-corrected chi connectivity index (χ3v) is 18.4. The van der Waals surface area contributed by atoms with E-state index < -0.39 is 47.7 Å². The van der Waals surface area contributed by atoms with Gasteiger partial charge in [-0.15, -0.1) is 0 Å². The van der Waals surface area contributed by atoms with Crippen LogP contribution in [0.4, 0.5) is 4.79 Å². The summed E-state index contributed by atoms with van der Waals surface area (Å²) in [6.45, 7) is 19.0. The van der Waals surface area contributed by atoms with Gasteiger partial charge in [0.1, 0.15) is 18.8 Å². The second kappa shape index (κ2) is 16.4. The molecule has 10 heteroatoms. The minimum absolute atomic E-state index is 0.0879. The maximum Gasteiger partial charge on any atom is 0.407 e. The zero-order chi connectivity index (χ0) is 36.3. The fraction of sp³-hybridized carbons (Fsp3) is 0.650. The molecule has 2 fully saturated rings. The number of nitrogens with one attached hydrogen (secondary N) is 1. The van der Waals surface area contributed by atoms with Crippen LogP contribution < -0.4 is 5.32 Å². The van der Waals surface area contributed by atoms with Gasteiger partial charge in [-0.2, -0.15) is 0 Å². The van der Waals surface area contributed by atoms with Crippen LogP contribution in [-0.4, -0.2) is 65.9 Å². The first-order chi connectivity index (χ1) is 23.7. The summed E-state index contributed by atoms with van der Waals surface area (Å²) < 4.78 is 25.7. The Hall–Kier alpha value is -2.51. The predicted molar refractivity (Wildman–Crippen MR) is 203 cm³/mol. The van der Waals surface area contributed by atoms with E-state index in [-0.39, 0.29) is 36.3 Å². The minimum atomic E-state index is -3.29. The Morgan fingerprint density at radius 2 is 1.32 bits per heavy atom. The van der Waals surface area contributed by atoms with Gasteiger partial charge in [0.15, 0.2) is 9.04 Å². The van der Waals surface area contributed by atoms with Crippen molar-refractivity contribution in [2.45, 2.75) is 134 Å². The van der Waals surface area contributed by atoms with Gasteiger partial charge < -0.3 is 28.4 Å². The number of fused-ring (bicyclic) bond motifs is 3. The largest absolute Gasteiger partial charge is 0.460 e. The molecule has 0 aliphatic heterocycles. The van der Waals surface area contributed by atoms with E-state index >= 15 is 0 Å². The highest BCUT2D eigenvalue weighted by Gasteiger charge is 2.49. The van der Waals surface area contributed by atoms with Gasteiger partial charge in [-0.1, -0.05) is 111 Å². The van der Waals surface area contributed by atoms with Crippen LogP contribution in [0.1, 0.15) is 105 Å². The van der Waals surface area contributed by atoms with E-state index in [9.17, 15) is 14.4 Å². The maximum atomic E-state index is 14.2. The SMILES string of the molecule is CC(C)[SiH](OC[C@H](O[Si](O)(C(C)C)C(C)C)[C@H](C)[C@H](NC(=O)OCC1c2ccccc2-c2ccccc21)C(=O)OC(C1CC1)C1CC1)C(C)C. The summed E-state index contributed by atoms with van der Waals surface area (Å²) in [6, 6.07) is 15.4. The van der Waals surface area contributed by atoms with Crippen molar-refractivity contribution in [2.24, 2.45) is 17.8 Å². The van der Waals surface area contributed by atoms with Crippen LogP contribution >= 0.6 is 0 Å². The fourth-order valence-corrected chi connectivity index (χ4v) is 13.2. The number of carbonyl (C=O) groups is 2. The lowest BCUT2D eigenvalue weighted by atomic mass is 9.96. The number of amides is 1. The zero-order valence-corrected chi connectivity index (χ0v) is 33.8. The van der Waals surface area contributed by atoms with Gasteiger partial charge in [-0.05, 0) is 81.9 Å². The molecule has 8 nitrogen and oxygen atoms in total. The summed E-state index contributed by atoms with van der Waals surface area (Å²) >= 11 is 0. The van der Waals surface area contributed by atoms with Crippen LogP contribution in [0.15, 0.2) is 48.5 Å². The number of hydrogen-bond acceptors (Lipinski definition) is 7. The molecule has 0 unspecified atom stereocenters. The Morgan fingerprint density at radius 1 is 0.820 bits per heavy atom. The second-order valence-corrected chi connectivity index (χ2v) is 24.4. The van der Waals surface area contributed by atoms with Crippen LogP contribution in [0.2, 0.25) is 22.2 Å². The molecule has 0 spiro atoms. The number of carbonyl (C=O) groups excluding carboxylic acids is 2. The molecule has 2 saturated carbocycles. The predicted octanol–water partition coefficient (Wildman–Crippen LogP) is 8.46. The van der Waals surface area contributed by atoms with Gasteiger partial charge in [0.2, 0.25) is 0 Å². The first-order valence-corrected chi connectivity index (χ1v) is 22.9. The van der Waals surface area contributed by atoms with Crippen molar-refractivity contribution in [3.05, 3.63) is 59.7 Å². The average Bonchev–Trinajstić information content (AvgIpc) is 4.01. The molecule has 50 heavy (non-hydrogen) atoms. The summed E-state index contributed by atoms with van der Waals surface area (Å²) in [7, 11) is -4.95. The van der Waals surface area contributed by atoms with Crippen molar-refractivity contribution >= 4 is 29.7 Å². The molecule has 0 aromatic heterocycles. The first-order valence-electron chi connectivity index (χ1n) is 19.1. The molecular weight excluding hydrogens is 663 g/mol. The van der Waals surface area contributed by atoms with Crippen molar-refractivity contribution in [1.82, 2.24) is 5.32 Å². The highest BCUT2D eigenvalue weighted by molar-refractivity contribution is 6.68. The average molecular weight is 724 g/mol. The molecule has 2 aromatic rings. The number of ether oxygens (including phenoxy) is 2. The van der Waals surface area contributed by atoms with Crippen LogP contribution in [0.5, 0.6) is 0 Å². The molecule has 3 atom stereocenters. The lowest BCUT2D eigenvalue weighted by Gasteiger charge is -2.40. The molecule has 276 valence electrons. The van der Waals surface area contributed by atoms with Crippen molar-refractivity contribution < 1.29 is 32.7 Å². The van der Waals surface area contributed by atoms with Gasteiger partial charge in [0, 0.05) is 11.8 Å². The number of hydrogen-bond donors (Lipinski definition) is 2. The van der Waals surface area contributed by atoms with Crippen LogP contribution in [0.25, 0.3) is 11.1 Å². The molecule has 3 aliphatic carbocycles.